The van der Waals surface area contributed by atoms with E-state index in [-0.39, 0.29) is 5.41 Å². The first-order valence-electron chi connectivity index (χ1n) is 5.42. The van der Waals surface area contributed by atoms with E-state index >= 15 is 0 Å². The summed E-state index contributed by atoms with van der Waals surface area (Å²) in [5, 5.41) is 5.66. The van der Waals surface area contributed by atoms with Crippen molar-refractivity contribution < 1.29 is 0 Å². The predicted octanol–water partition coefficient (Wildman–Crippen LogP) is 2.18. The van der Waals surface area contributed by atoms with Crippen LogP contribution in [-0.4, -0.2) is 38.6 Å². The van der Waals surface area contributed by atoms with Crippen LogP contribution in [0.3, 0.4) is 0 Å². The van der Waals surface area contributed by atoms with Crippen LogP contribution in [0.25, 0.3) is 0 Å². The molecule has 1 N–H and O–H groups in total. The van der Waals surface area contributed by atoms with Gasteiger partial charge in [0.2, 0.25) is 0 Å². The number of likely N-dealkylation sites (N-methyl/N-ethyl adjacent to an activating group) is 1. The highest BCUT2D eigenvalue weighted by atomic mass is 32.1. The zero-order valence-electron chi connectivity index (χ0n) is 10.2. The minimum Gasteiger partial charge on any atom is -0.315 e. The first-order valence-corrected chi connectivity index (χ1v) is 6.30. The second-order valence-corrected chi connectivity index (χ2v) is 5.79. The summed E-state index contributed by atoms with van der Waals surface area (Å²) in [6.45, 7) is 7.78. The maximum absolute atomic E-state index is 3.51. The van der Waals surface area contributed by atoms with Crippen molar-refractivity contribution >= 4 is 11.3 Å². The highest BCUT2D eigenvalue weighted by molar-refractivity contribution is 7.10. The molecule has 0 radical (unpaired) electrons. The SMILES string of the molecule is CN(C)CCNCC(C)(C)c1cccs1. The first kappa shape index (κ1) is 12.7. The van der Waals surface area contributed by atoms with Crippen LogP contribution in [-0.2, 0) is 5.41 Å². The molecule has 0 spiro atoms. The molecule has 3 heteroatoms. The highest BCUT2D eigenvalue weighted by Gasteiger charge is 2.20. The lowest BCUT2D eigenvalue weighted by atomic mass is 9.91. The fraction of sp³-hybridized carbons (Fsp3) is 0.667. The van der Waals surface area contributed by atoms with Crippen LogP contribution in [0.5, 0.6) is 0 Å². The van der Waals surface area contributed by atoms with Crippen molar-refractivity contribution in [3.8, 4) is 0 Å². The van der Waals surface area contributed by atoms with Crippen LogP contribution in [0.4, 0.5) is 0 Å². The van der Waals surface area contributed by atoms with Gasteiger partial charge in [-0.2, -0.15) is 0 Å². The van der Waals surface area contributed by atoms with Crippen molar-refractivity contribution in [3.63, 3.8) is 0 Å². The third-order valence-electron chi connectivity index (χ3n) is 2.49. The van der Waals surface area contributed by atoms with E-state index < -0.39 is 0 Å². The molecule has 2 nitrogen and oxygen atoms in total. The second kappa shape index (κ2) is 5.64. The van der Waals surface area contributed by atoms with E-state index in [1.165, 1.54) is 4.88 Å². The Hall–Kier alpha value is -0.380. The van der Waals surface area contributed by atoms with E-state index in [1.807, 2.05) is 11.3 Å². The maximum Gasteiger partial charge on any atom is 0.0115 e. The van der Waals surface area contributed by atoms with Gasteiger partial charge in [0.15, 0.2) is 0 Å². The first-order chi connectivity index (χ1) is 7.02. The summed E-state index contributed by atoms with van der Waals surface area (Å²) < 4.78 is 0. The molecule has 0 aliphatic heterocycles. The summed E-state index contributed by atoms with van der Waals surface area (Å²) in [6, 6.07) is 4.35. The normalized spacial score (nSPS) is 12.3. The monoisotopic (exact) mass is 226 g/mol. The fourth-order valence-electron chi connectivity index (χ4n) is 1.45. The van der Waals surface area contributed by atoms with Crippen molar-refractivity contribution in [1.82, 2.24) is 10.2 Å². The van der Waals surface area contributed by atoms with E-state index in [2.05, 4.69) is 55.7 Å². The summed E-state index contributed by atoms with van der Waals surface area (Å²) in [4.78, 5) is 3.66. The number of hydrogen-bond donors (Lipinski definition) is 1. The van der Waals surface area contributed by atoms with Gasteiger partial charge >= 0.3 is 0 Å². The lowest BCUT2D eigenvalue weighted by Gasteiger charge is -2.24. The van der Waals surface area contributed by atoms with Gasteiger partial charge < -0.3 is 10.2 Å². The molecule has 0 bridgehead atoms. The van der Waals surface area contributed by atoms with Gasteiger partial charge in [-0.3, -0.25) is 0 Å². The molecule has 1 heterocycles. The Kier molecular flexibility index (Phi) is 4.77. The summed E-state index contributed by atoms with van der Waals surface area (Å²) in [7, 11) is 4.21. The summed E-state index contributed by atoms with van der Waals surface area (Å²) >= 11 is 1.84. The van der Waals surface area contributed by atoms with E-state index in [9.17, 15) is 0 Å². The Morgan fingerprint density at radius 1 is 1.40 bits per heavy atom. The van der Waals surface area contributed by atoms with Crippen LogP contribution in [0, 0.1) is 0 Å². The molecule has 0 saturated carbocycles. The number of nitrogens with zero attached hydrogens (tertiary/aromatic N) is 1. The van der Waals surface area contributed by atoms with E-state index in [1.54, 1.807) is 0 Å². The van der Waals surface area contributed by atoms with E-state index in [0.29, 0.717) is 0 Å². The number of rotatable bonds is 6. The molecular weight excluding hydrogens is 204 g/mol. The quantitative estimate of drug-likeness (QED) is 0.748. The summed E-state index contributed by atoms with van der Waals surface area (Å²) in [5.41, 5.74) is 0.250. The third-order valence-corrected chi connectivity index (χ3v) is 3.73. The van der Waals surface area contributed by atoms with Gasteiger partial charge in [-0.05, 0) is 25.5 Å². The smallest absolute Gasteiger partial charge is 0.0115 e. The average Bonchev–Trinajstić information content (AvgIpc) is 2.65. The topological polar surface area (TPSA) is 15.3 Å². The van der Waals surface area contributed by atoms with Crippen LogP contribution >= 0.6 is 11.3 Å². The Morgan fingerprint density at radius 2 is 2.13 bits per heavy atom. The van der Waals surface area contributed by atoms with Crippen molar-refractivity contribution in [2.45, 2.75) is 19.3 Å². The van der Waals surface area contributed by atoms with Gasteiger partial charge in [-0.25, -0.2) is 0 Å². The molecule has 0 atom stereocenters. The third kappa shape index (κ3) is 4.33. The van der Waals surface area contributed by atoms with Gasteiger partial charge in [-0.15, -0.1) is 11.3 Å². The zero-order chi connectivity index (χ0) is 11.3. The molecule has 86 valence electrons. The molecule has 0 aromatic carbocycles. The maximum atomic E-state index is 3.51. The predicted molar refractivity (Wildman–Crippen MR) is 68.8 cm³/mol. The second-order valence-electron chi connectivity index (χ2n) is 4.84. The van der Waals surface area contributed by atoms with Crippen molar-refractivity contribution in [2.75, 3.05) is 33.7 Å². The molecule has 1 aromatic rings. The average molecular weight is 226 g/mol. The van der Waals surface area contributed by atoms with Gasteiger partial charge in [0, 0.05) is 29.9 Å². The molecule has 1 rings (SSSR count). The Bertz CT molecular complexity index is 265. The van der Waals surface area contributed by atoms with Crippen LogP contribution in [0.2, 0.25) is 0 Å². The largest absolute Gasteiger partial charge is 0.315 e. The molecule has 15 heavy (non-hydrogen) atoms. The minimum atomic E-state index is 0.250. The molecule has 0 aliphatic carbocycles. The summed E-state index contributed by atoms with van der Waals surface area (Å²) in [5.74, 6) is 0. The zero-order valence-corrected chi connectivity index (χ0v) is 11.0. The molecule has 0 saturated heterocycles. The van der Waals surface area contributed by atoms with Crippen molar-refractivity contribution in [3.05, 3.63) is 22.4 Å². The Balaban J connectivity index is 2.31. The molecule has 1 aromatic heterocycles. The standard InChI is InChI=1S/C12H22N2S/c1-12(2,11-6-5-9-15-11)10-13-7-8-14(3)4/h5-6,9,13H,7-8,10H2,1-4H3. The molecular formula is C12H22N2S. The van der Waals surface area contributed by atoms with Crippen molar-refractivity contribution in [2.24, 2.45) is 0 Å². The molecule has 0 fully saturated rings. The van der Waals surface area contributed by atoms with Gasteiger partial charge in [0.05, 0.1) is 0 Å². The Morgan fingerprint density at radius 3 is 2.67 bits per heavy atom. The molecule has 0 aliphatic rings. The lowest BCUT2D eigenvalue weighted by molar-refractivity contribution is 0.384. The van der Waals surface area contributed by atoms with Crippen LogP contribution < -0.4 is 5.32 Å². The minimum absolute atomic E-state index is 0.250. The molecule has 0 unspecified atom stereocenters. The van der Waals surface area contributed by atoms with Gasteiger partial charge in [0.1, 0.15) is 0 Å². The summed E-state index contributed by atoms with van der Waals surface area (Å²) in [6.07, 6.45) is 0. The number of hydrogen-bond acceptors (Lipinski definition) is 3. The van der Waals surface area contributed by atoms with Crippen LogP contribution in [0.15, 0.2) is 17.5 Å². The highest BCUT2D eigenvalue weighted by Crippen LogP contribution is 2.26. The molecule has 0 amide bonds. The lowest BCUT2D eigenvalue weighted by Crippen LogP contribution is -2.36. The fourth-order valence-corrected chi connectivity index (χ4v) is 2.31. The number of nitrogens with one attached hydrogen (secondary N) is 1. The number of thiophene rings is 1. The van der Waals surface area contributed by atoms with Crippen LogP contribution in [0.1, 0.15) is 18.7 Å². The van der Waals surface area contributed by atoms with Gasteiger partial charge in [0.25, 0.3) is 0 Å². The van der Waals surface area contributed by atoms with Gasteiger partial charge in [-0.1, -0.05) is 19.9 Å². The Labute approximate surface area is 97.3 Å². The van der Waals surface area contributed by atoms with Crippen molar-refractivity contribution in [1.29, 1.82) is 0 Å². The van der Waals surface area contributed by atoms with E-state index in [4.69, 9.17) is 0 Å². The van der Waals surface area contributed by atoms with E-state index in [0.717, 1.165) is 19.6 Å².